The van der Waals surface area contributed by atoms with Crippen molar-refractivity contribution in [2.24, 2.45) is 0 Å². The third-order valence-electron chi connectivity index (χ3n) is 16.9. The first-order valence-electron chi connectivity index (χ1n) is 41.4. The molecule has 107 heavy (non-hydrogen) atoms. The molecule has 0 aliphatic rings. The number of hydrogen-bond acceptors (Lipinski definition) is 14. The molecule has 0 aromatic heterocycles. The molecule has 0 aliphatic heterocycles. The van der Waals surface area contributed by atoms with E-state index >= 15 is 0 Å². The maximum Gasteiger partial charge on any atom is 0.472 e. The second-order valence-corrected chi connectivity index (χ2v) is 30.0. The van der Waals surface area contributed by atoms with Gasteiger partial charge in [0.15, 0.2) is 6.10 Å². The molecule has 0 heterocycles. The van der Waals surface area contributed by atoms with Gasteiger partial charge in [0.25, 0.3) is 0 Å². The number of rotatable bonds is 77. The van der Waals surface area contributed by atoms with Crippen molar-refractivity contribution >= 4 is 33.6 Å². The zero-order valence-corrected chi connectivity index (χ0v) is 68.5. The molecule has 16 nitrogen and oxygen atoms in total. The van der Waals surface area contributed by atoms with Crippen LogP contribution >= 0.6 is 15.6 Å². The summed E-state index contributed by atoms with van der Waals surface area (Å²) < 4.78 is 61.2. The molecule has 0 bridgehead atoms. The van der Waals surface area contributed by atoms with Crippen molar-refractivity contribution in [2.45, 2.75) is 334 Å². The molecule has 0 radical (unpaired) electrons. The molecule has 5 atom stereocenters. The van der Waals surface area contributed by atoms with Gasteiger partial charge < -0.3 is 34.2 Å². The minimum absolute atomic E-state index is 0.0738. The van der Waals surface area contributed by atoms with Gasteiger partial charge in [0, 0.05) is 19.3 Å². The minimum Gasteiger partial charge on any atom is -0.463 e. The van der Waals surface area contributed by atoms with Gasteiger partial charge in [-0.1, -0.05) is 319 Å². The number of esters is 3. The average molecular weight is 1540 g/mol. The largest absolute Gasteiger partial charge is 0.472 e. The Morgan fingerprint density at radius 1 is 0.262 bits per heavy atom. The van der Waals surface area contributed by atoms with E-state index in [1.807, 2.05) is 0 Å². The number of carbonyl (C=O) groups excluding carboxylic acids is 3. The fourth-order valence-corrected chi connectivity index (χ4v) is 12.3. The Balaban J connectivity index is 4.50. The van der Waals surface area contributed by atoms with E-state index < -0.39 is 91.5 Å². The van der Waals surface area contributed by atoms with Crippen LogP contribution in [-0.4, -0.2) is 95.9 Å². The lowest BCUT2D eigenvalue weighted by atomic mass is 10.0. The molecule has 610 valence electrons. The number of aliphatic hydroxyl groups is 2. The summed E-state index contributed by atoms with van der Waals surface area (Å²) in [5.74, 6) is -1.63. The SMILES string of the molecule is CC/C=C\C/C=C\C/C=C\C/C=C\C/C=C\C/C=C\CCCCCCC(=O)OCC(COP(=O)(O)OCC(O)COP(=O)(O)OCC(O)COC(=O)CCCCCCCCCCCCCCCCCCC/C=C\C/C=C\C/C=C\C/C=C\C/C=C\CC)OC(=O)CCCCCCC/C=C\C/C=C\C/C=C\CC. The molecule has 0 aromatic carbocycles. The predicted octanol–water partition coefficient (Wildman–Crippen LogP) is 24.8. The number of unbranched alkanes of at least 4 members (excludes halogenated alkanes) is 26. The molecule has 0 aromatic rings. The van der Waals surface area contributed by atoms with E-state index in [2.05, 4.69) is 191 Å². The van der Waals surface area contributed by atoms with Crippen LogP contribution in [0.15, 0.2) is 170 Å². The monoisotopic (exact) mass is 1540 g/mol. The van der Waals surface area contributed by atoms with E-state index in [9.17, 15) is 43.5 Å². The Kier molecular flexibility index (Phi) is 76.6. The van der Waals surface area contributed by atoms with Crippen LogP contribution in [0.1, 0.15) is 316 Å². The summed E-state index contributed by atoms with van der Waals surface area (Å²) in [5, 5.41) is 20.7. The molecule has 4 N–H and O–H groups in total. The predicted molar refractivity (Wildman–Crippen MR) is 445 cm³/mol. The maximum atomic E-state index is 13.0. The van der Waals surface area contributed by atoms with E-state index in [0.717, 1.165) is 167 Å². The van der Waals surface area contributed by atoms with Crippen LogP contribution in [0, 0.1) is 0 Å². The Morgan fingerprint density at radius 3 is 0.738 bits per heavy atom. The third kappa shape index (κ3) is 81.7. The molecule has 0 rings (SSSR count). The molecule has 5 unspecified atom stereocenters. The lowest BCUT2D eigenvalue weighted by Crippen LogP contribution is -2.30. The van der Waals surface area contributed by atoms with Gasteiger partial charge in [-0.3, -0.25) is 32.5 Å². The zero-order chi connectivity index (χ0) is 78.0. The quantitative estimate of drug-likeness (QED) is 0.0146. The summed E-state index contributed by atoms with van der Waals surface area (Å²) in [6.07, 6.45) is 103. The summed E-state index contributed by atoms with van der Waals surface area (Å²) in [6, 6.07) is 0. The first-order valence-corrected chi connectivity index (χ1v) is 44.4. The number of allylic oxidation sites excluding steroid dienone is 28. The van der Waals surface area contributed by atoms with Crippen molar-refractivity contribution in [3.8, 4) is 0 Å². The number of hydrogen-bond donors (Lipinski definition) is 4. The summed E-state index contributed by atoms with van der Waals surface area (Å²) in [4.78, 5) is 58.7. The van der Waals surface area contributed by atoms with Crippen molar-refractivity contribution < 1.29 is 75.8 Å². The van der Waals surface area contributed by atoms with Crippen LogP contribution in [0.5, 0.6) is 0 Å². The molecule has 0 saturated heterocycles. The Labute approximate surface area is 650 Å². The van der Waals surface area contributed by atoms with Gasteiger partial charge in [-0.25, -0.2) is 9.13 Å². The zero-order valence-electron chi connectivity index (χ0n) is 66.7. The van der Waals surface area contributed by atoms with Gasteiger partial charge in [-0.15, -0.1) is 0 Å². The highest BCUT2D eigenvalue weighted by Gasteiger charge is 2.29. The molecule has 0 aliphatic carbocycles. The van der Waals surface area contributed by atoms with Gasteiger partial charge >= 0.3 is 33.6 Å². The molecule has 0 spiro atoms. The Bertz CT molecular complexity index is 2620. The number of aliphatic hydroxyl groups excluding tert-OH is 2. The van der Waals surface area contributed by atoms with E-state index in [1.54, 1.807) is 0 Å². The second kappa shape index (κ2) is 80.4. The number of carbonyl (C=O) groups is 3. The van der Waals surface area contributed by atoms with Crippen molar-refractivity contribution in [3.05, 3.63) is 170 Å². The van der Waals surface area contributed by atoms with Crippen LogP contribution < -0.4 is 0 Å². The Morgan fingerprint density at radius 2 is 0.467 bits per heavy atom. The summed E-state index contributed by atoms with van der Waals surface area (Å²) in [5.41, 5.74) is 0. The Hall–Kier alpha value is -5.09. The van der Waals surface area contributed by atoms with Crippen LogP contribution in [0.4, 0.5) is 0 Å². The first kappa shape index (κ1) is 102. The van der Waals surface area contributed by atoms with Crippen molar-refractivity contribution in [1.82, 2.24) is 0 Å². The van der Waals surface area contributed by atoms with E-state index in [-0.39, 0.29) is 19.3 Å². The topological polar surface area (TPSA) is 231 Å². The van der Waals surface area contributed by atoms with Gasteiger partial charge in [-0.2, -0.15) is 0 Å². The highest BCUT2D eigenvalue weighted by atomic mass is 31.2. The van der Waals surface area contributed by atoms with E-state index in [0.29, 0.717) is 19.3 Å². The van der Waals surface area contributed by atoms with Crippen LogP contribution in [0.25, 0.3) is 0 Å². The highest BCUT2D eigenvalue weighted by molar-refractivity contribution is 7.47. The maximum absolute atomic E-state index is 13.0. The lowest BCUT2D eigenvalue weighted by Gasteiger charge is -2.21. The minimum atomic E-state index is -4.95. The van der Waals surface area contributed by atoms with Crippen molar-refractivity contribution in [3.63, 3.8) is 0 Å². The van der Waals surface area contributed by atoms with E-state index in [1.165, 1.54) is 89.9 Å². The van der Waals surface area contributed by atoms with Crippen molar-refractivity contribution in [1.29, 1.82) is 0 Å². The van der Waals surface area contributed by atoms with Crippen LogP contribution in [-0.2, 0) is 55.8 Å². The molecular weight excluding hydrogens is 1390 g/mol. The molecule has 0 fully saturated rings. The smallest absolute Gasteiger partial charge is 0.463 e. The normalized spacial score (nSPS) is 14.8. The standard InChI is InChI=1S/C89H148O16P2/c1-4-7-10-13-16-19-22-25-28-30-32-34-36-37-38-39-40-41-42-43-44-45-47-49-50-52-55-57-60-63-66-69-72-75-87(92)99-78-84(90)79-101-106(95,96)102-80-85(91)81-103-107(97,98)104-83-86(105-89(94)77-74-71-68-65-62-59-54-27-24-21-18-15-12-9-6-3)82-100-88(93)76-73-70-67-64-61-58-56-53-51-48-46-35-33-31-29-26-23-20-17-14-11-8-5-2/h7-12,16-21,25-29,32-35,37-38,48,51,54,56,58,84-86,90-91H,4-6,13-15,22-24,30-31,36,39-47,49-50,52-53,55,57,59-83H2,1-3H3,(H,95,96)(H,97,98)/b10-7-,11-8-,12-9-,19-16-,20-17-,21-18-,28-25-,29-26-,34-32-,35-33-,38-37-,51-48-,54-27-,58-56-. The van der Waals surface area contributed by atoms with Gasteiger partial charge in [0.05, 0.1) is 26.4 Å². The lowest BCUT2D eigenvalue weighted by molar-refractivity contribution is -0.161. The van der Waals surface area contributed by atoms with Gasteiger partial charge in [0.1, 0.15) is 25.4 Å². The first-order chi connectivity index (χ1) is 52.2. The van der Waals surface area contributed by atoms with Crippen LogP contribution in [0.3, 0.4) is 0 Å². The number of ether oxygens (including phenoxy) is 3. The molecule has 0 saturated carbocycles. The summed E-state index contributed by atoms with van der Waals surface area (Å²) in [6.45, 7) is 2.29. The number of phosphoric acid groups is 2. The van der Waals surface area contributed by atoms with Gasteiger partial charge in [-0.05, 0) is 148 Å². The van der Waals surface area contributed by atoms with E-state index in [4.69, 9.17) is 32.3 Å². The highest BCUT2D eigenvalue weighted by Crippen LogP contribution is 2.45. The average Bonchev–Trinajstić information content (AvgIpc) is 0.912. The fraction of sp³-hybridized carbons (Fsp3) is 0.652. The molecular formula is C89H148O16P2. The fourth-order valence-electron chi connectivity index (χ4n) is 10.7. The second-order valence-electron chi connectivity index (χ2n) is 27.1. The third-order valence-corrected chi connectivity index (χ3v) is 18.8. The van der Waals surface area contributed by atoms with Gasteiger partial charge in [0.2, 0.25) is 0 Å². The summed E-state index contributed by atoms with van der Waals surface area (Å²) in [7, 11) is -9.81. The van der Waals surface area contributed by atoms with Crippen LogP contribution in [0.2, 0.25) is 0 Å². The molecule has 0 amide bonds. The number of phosphoric ester groups is 2. The summed E-state index contributed by atoms with van der Waals surface area (Å²) >= 11 is 0. The van der Waals surface area contributed by atoms with Crippen molar-refractivity contribution in [2.75, 3.05) is 39.6 Å². The molecule has 18 heteroatoms.